The van der Waals surface area contributed by atoms with Crippen molar-refractivity contribution in [2.75, 3.05) is 19.6 Å². The fraction of sp³-hybridized carbons (Fsp3) is 0.429. The van der Waals surface area contributed by atoms with Crippen molar-refractivity contribution in [2.24, 2.45) is 0 Å². The van der Waals surface area contributed by atoms with E-state index in [1.54, 1.807) is 11.3 Å². The van der Waals surface area contributed by atoms with E-state index in [0.717, 1.165) is 30.2 Å². The molecule has 3 rings (SSSR count). The summed E-state index contributed by atoms with van der Waals surface area (Å²) in [6, 6.07) is 6.09. The van der Waals surface area contributed by atoms with Crippen molar-refractivity contribution in [1.82, 2.24) is 19.9 Å². The Kier molecular flexibility index (Phi) is 6.36. The Bertz CT molecular complexity index is 923. The zero-order valence-electron chi connectivity index (χ0n) is 17.2. The number of nitrogens with one attached hydrogen (secondary N) is 1. The highest BCUT2D eigenvalue weighted by Crippen LogP contribution is 2.24. The number of thiophene rings is 1. The number of nitrogens with zero attached hydrogens (tertiary/aromatic N) is 3. The zero-order valence-corrected chi connectivity index (χ0v) is 18.0. The molecule has 0 saturated carbocycles. The van der Waals surface area contributed by atoms with Crippen LogP contribution in [0.5, 0.6) is 0 Å². The Morgan fingerprint density at radius 3 is 2.61 bits per heavy atom. The Morgan fingerprint density at radius 1 is 1.29 bits per heavy atom. The van der Waals surface area contributed by atoms with Crippen LogP contribution in [0.25, 0.3) is 5.82 Å². The van der Waals surface area contributed by atoms with Crippen LogP contribution in [0.15, 0.2) is 33.5 Å². The highest BCUT2D eigenvalue weighted by atomic mass is 32.1. The summed E-state index contributed by atoms with van der Waals surface area (Å²) in [6.45, 7) is 12.5. The molecule has 3 aromatic rings. The number of hydrogen-bond acceptors (Lipinski definition) is 5. The molecule has 0 aliphatic rings. The number of aryl methyl sites for hydroxylation is 2. The first-order chi connectivity index (χ1) is 13.5. The average molecular weight is 401 g/mol. The number of likely N-dealkylation sites (N-methyl/N-ethyl adjacent to an activating group) is 1. The normalized spacial score (nSPS) is 12.5. The molecule has 6 nitrogen and oxygen atoms in total. The molecule has 0 aliphatic heterocycles. The van der Waals surface area contributed by atoms with Crippen LogP contribution in [0.3, 0.4) is 0 Å². The minimum Gasteiger partial charge on any atom is -0.360 e. The largest absolute Gasteiger partial charge is 0.360 e. The van der Waals surface area contributed by atoms with Crippen molar-refractivity contribution in [2.45, 2.75) is 40.7 Å². The maximum absolute atomic E-state index is 13.0. The maximum Gasteiger partial charge on any atom is 0.253 e. The second-order valence-electron chi connectivity index (χ2n) is 6.92. The van der Waals surface area contributed by atoms with Crippen LogP contribution in [0.2, 0.25) is 0 Å². The molecule has 0 spiro atoms. The van der Waals surface area contributed by atoms with Crippen LogP contribution in [-0.4, -0.2) is 40.2 Å². The van der Waals surface area contributed by atoms with Gasteiger partial charge < -0.3 is 9.84 Å². The van der Waals surface area contributed by atoms with Crippen molar-refractivity contribution in [1.29, 1.82) is 0 Å². The van der Waals surface area contributed by atoms with Gasteiger partial charge in [0.1, 0.15) is 5.76 Å². The maximum atomic E-state index is 13.0. The minimum atomic E-state index is -0.0630. The Labute approximate surface area is 170 Å². The van der Waals surface area contributed by atoms with Crippen LogP contribution in [-0.2, 0) is 0 Å². The summed E-state index contributed by atoms with van der Waals surface area (Å²) >= 11 is 1.69. The summed E-state index contributed by atoms with van der Waals surface area (Å²) in [4.78, 5) is 15.3. The van der Waals surface area contributed by atoms with E-state index in [2.05, 4.69) is 46.0 Å². The second-order valence-corrected chi connectivity index (χ2v) is 7.70. The smallest absolute Gasteiger partial charge is 0.253 e. The quantitative estimate of drug-likeness (QED) is 0.613. The van der Waals surface area contributed by atoms with E-state index in [1.807, 2.05) is 37.5 Å². The van der Waals surface area contributed by atoms with Gasteiger partial charge in [-0.05, 0) is 62.3 Å². The van der Waals surface area contributed by atoms with E-state index in [9.17, 15) is 4.79 Å². The highest BCUT2D eigenvalue weighted by molar-refractivity contribution is 7.07. The van der Waals surface area contributed by atoms with Gasteiger partial charge in [0.25, 0.3) is 5.91 Å². The number of amides is 1. The molecule has 1 unspecified atom stereocenters. The summed E-state index contributed by atoms with van der Waals surface area (Å²) < 4.78 is 7.14. The van der Waals surface area contributed by atoms with Crippen LogP contribution < -0.4 is 5.32 Å². The first-order valence-electron chi connectivity index (χ1n) is 9.63. The highest BCUT2D eigenvalue weighted by Gasteiger charge is 2.22. The first kappa shape index (κ1) is 20.4. The lowest BCUT2D eigenvalue weighted by molar-refractivity contribution is 0.0934. The summed E-state index contributed by atoms with van der Waals surface area (Å²) in [5, 5.41) is 11.5. The van der Waals surface area contributed by atoms with Gasteiger partial charge in [0.15, 0.2) is 5.82 Å². The van der Waals surface area contributed by atoms with Gasteiger partial charge >= 0.3 is 0 Å². The Balaban J connectivity index is 1.79. The third-order valence-electron chi connectivity index (χ3n) is 5.16. The monoisotopic (exact) mass is 400 g/mol. The number of carbonyl (C=O) groups is 1. The van der Waals surface area contributed by atoms with Crippen molar-refractivity contribution in [3.63, 3.8) is 0 Å². The molecule has 28 heavy (non-hydrogen) atoms. The average Bonchev–Trinajstić information content (AvgIpc) is 3.40. The fourth-order valence-corrected chi connectivity index (χ4v) is 4.38. The Hall–Kier alpha value is -2.38. The predicted octanol–water partition coefficient (Wildman–Crippen LogP) is 4.26. The molecule has 0 saturated heterocycles. The van der Waals surface area contributed by atoms with E-state index in [1.165, 1.54) is 5.56 Å². The van der Waals surface area contributed by atoms with Gasteiger partial charge in [0, 0.05) is 24.0 Å². The van der Waals surface area contributed by atoms with E-state index in [4.69, 9.17) is 4.52 Å². The second kappa shape index (κ2) is 8.75. The summed E-state index contributed by atoms with van der Waals surface area (Å²) in [5.74, 6) is 1.38. The van der Waals surface area contributed by atoms with E-state index < -0.39 is 0 Å². The fourth-order valence-electron chi connectivity index (χ4n) is 3.68. The molecule has 1 amide bonds. The standard InChI is InChI=1S/C21H28N4O2S/c1-6-24(7-2)19(17-8-9-28-13-17)12-22-21(26)18-10-14(3)25(16(18)5)20-11-15(4)27-23-20/h8-11,13,19H,6-7,12H2,1-5H3,(H,22,26). The van der Waals surface area contributed by atoms with Gasteiger partial charge in [-0.3, -0.25) is 14.3 Å². The van der Waals surface area contributed by atoms with Crippen molar-refractivity contribution in [3.05, 3.63) is 57.2 Å². The van der Waals surface area contributed by atoms with Crippen LogP contribution in [0, 0.1) is 20.8 Å². The van der Waals surface area contributed by atoms with E-state index in [-0.39, 0.29) is 11.9 Å². The van der Waals surface area contributed by atoms with Crippen LogP contribution in [0.4, 0.5) is 0 Å². The minimum absolute atomic E-state index is 0.0630. The summed E-state index contributed by atoms with van der Waals surface area (Å²) in [6.07, 6.45) is 0. The van der Waals surface area contributed by atoms with Gasteiger partial charge in [-0.1, -0.05) is 19.0 Å². The molecule has 1 N–H and O–H groups in total. The molecule has 150 valence electrons. The molecule has 0 bridgehead atoms. The topological polar surface area (TPSA) is 63.3 Å². The van der Waals surface area contributed by atoms with Gasteiger partial charge in [-0.25, -0.2) is 0 Å². The first-order valence-corrected chi connectivity index (χ1v) is 10.6. The molecule has 1 atom stereocenters. The van der Waals surface area contributed by atoms with E-state index in [0.29, 0.717) is 17.9 Å². The SMILES string of the molecule is CCN(CC)C(CNC(=O)c1cc(C)n(-c2cc(C)on2)c1C)c1ccsc1. The third-order valence-corrected chi connectivity index (χ3v) is 5.86. The van der Waals surface area contributed by atoms with Crippen LogP contribution >= 0.6 is 11.3 Å². The molecule has 0 aromatic carbocycles. The number of aromatic nitrogens is 2. The Morgan fingerprint density at radius 2 is 2.04 bits per heavy atom. The van der Waals surface area contributed by atoms with Gasteiger partial charge in [-0.15, -0.1) is 0 Å². The summed E-state index contributed by atoms with van der Waals surface area (Å²) in [5.41, 5.74) is 3.73. The van der Waals surface area contributed by atoms with Crippen molar-refractivity contribution >= 4 is 17.2 Å². The molecule has 0 aliphatic carbocycles. The molecular weight excluding hydrogens is 372 g/mol. The zero-order chi connectivity index (χ0) is 20.3. The summed E-state index contributed by atoms with van der Waals surface area (Å²) in [7, 11) is 0. The predicted molar refractivity (Wildman–Crippen MR) is 112 cm³/mol. The molecule has 3 aromatic heterocycles. The number of carbonyl (C=O) groups excluding carboxylic acids is 1. The number of rotatable bonds is 8. The van der Waals surface area contributed by atoms with Gasteiger partial charge in [0.05, 0.1) is 11.6 Å². The van der Waals surface area contributed by atoms with Gasteiger partial charge in [0.2, 0.25) is 0 Å². The van der Waals surface area contributed by atoms with E-state index >= 15 is 0 Å². The van der Waals surface area contributed by atoms with Crippen molar-refractivity contribution in [3.8, 4) is 5.82 Å². The molecule has 0 radical (unpaired) electrons. The van der Waals surface area contributed by atoms with Gasteiger partial charge in [-0.2, -0.15) is 11.3 Å². The lowest BCUT2D eigenvalue weighted by atomic mass is 10.1. The van der Waals surface area contributed by atoms with Crippen molar-refractivity contribution < 1.29 is 9.32 Å². The molecule has 7 heteroatoms. The molecule has 3 heterocycles. The lowest BCUT2D eigenvalue weighted by Gasteiger charge is -2.29. The number of hydrogen-bond donors (Lipinski definition) is 1. The third kappa shape index (κ3) is 4.05. The lowest BCUT2D eigenvalue weighted by Crippen LogP contribution is -2.38. The van der Waals surface area contributed by atoms with Crippen LogP contribution in [0.1, 0.15) is 53.0 Å². The molecule has 0 fully saturated rings. The molecular formula is C21H28N4O2S.